The Morgan fingerprint density at radius 2 is 2.06 bits per heavy atom. The third-order valence-corrected chi connectivity index (χ3v) is 3.78. The Hall–Kier alpha value is -1.01. The van der Waals surface area contributed by atoms with Crippen LogP contribution in [0.15, 0.2) is 11.4 Å². The highest BCUT2D eigenvalue weighted by molar-refractivity contribution is 7.99. The van der Waals surface area contributed by atoms with Crippen LogP contribution in [0.5, 0.6) is 5.75 Å². The van der Waals surface area contributed by atoms with Crippen LogP contribution in [-0.2, 0) is 0 Å². The first-order valence-corrected chi connectivity index (χ1v) is 6.00. The van der Waals surface area contributed by atoms with Gasteiger partial charge < -0.3 is 10.2 Å². The fraction of sp³-hybridized carbons (Fsp3) is 0.600. The van der Waals surface area contributed by atoms with E-state index in [1.807, 2.05) is 0 Å². The lowest BCUT2D eigenvalue weighted by molar-refractivity contribution is 0.400. The number of methoxy groups -OCH3 is 1. The lowest BCUT2D eigenvalue weighted by Crippen LogP contribution is -2.12. The quantitative estimate of drug-likeness (QED) is 0.355. The molecule has 1 aromatic rings. The minimum Gasteiger partial charge on any atom is -0.490 e. The van der Waals surface area contributed by atoms with Crippen molar-refractivity contribution in [2.24, 2.45) is 11.8 Å². The Balaban J connectivity index is 2.95. The number of nitrogen functional groups attached to an aromatic ring is 1. The van der Waals surface area contributed by atoms with E-state index in [9.17, 15) is 0 Å². The van der Waals surface area contributed by atoms with Crippen molar-refractivity contribution >= 4 is 17.6 Å². The summed E-state index contributed by atoms with van der Waals surface area (Å²) in [5, 5.41) is 1.26. The van der Waals surface area contributed by atoms with Crippen molar-refractivity contribution in [2.75, 3.05) is 12.5 Å². The van der Waals surface area contributed by atoms with Gasteiger partial charge in [-0.25, -0.2) is 15.8 Å². The largest absolute Gasteiger partial charge is 0.490 e. The molecule has 0 amide bonds. The van der Waals surface area contributed by atoms with Gasteiger partial charge in [-0.05, 0) is 5.92 Å². The molecule has 0 aromatic carbocycles. The predicted molar refractivity (Wildman–Crippen MR) is 66.6 cm³/mol. The molecule has 0 aliphatic rings. The number of rotatable bonds is 5. The van der Waals surface area contributed by atoms with Crippen molar-refractivity contribution in [2.45, 2.75) is 31.0 Å². The van der Waals surface area contributed by atoms with E-state index in [1.54, 1.807) is 18.9 Å². The van der Waals surface area contributed by atoms with Crippen molar-refractivity contribution in [3.05, 3.63) is 6.33 Å². The van der Waals surface area contributed by atoms with Gasteiger partial charge in [0.2, 0.25) is 0 Å². The van der Waals surface area contributed by atoms with Crippen LogP contribution < -0.4 is 16.0 Å². The SMILES string of the molecule is COc1c(NN)ncnc1SC(C)C(C)C. The highest BCUT2D eigenvalue weighted by atomic mass is 32.2. The lowest BCUT2D eigenvalue weighted by Gasteiger charge is -2.16. The molecule has 1 rings (SSSR count). The molecule has 5 nitrogen and oxygen atoms in total. The summed E-state index contributed by atoms with van der Waals surface area (Å²) in [7, 11) is 1.59. The first kappa shape index (κ1) is 13.1. The molecular formula is C10H18N4OS. The zero-order valence-corrected chi connectivity index (χ0v) is 10.8. The van der Waals surface area contributed by atoms with Crippen molar-refractivity contribution < 1.29 is 4.74 Å². The van der Waals surface area contributed by atoms with Crippen molar-refractivity contribution in [3.63, 3.8) is 0 Å². The van der Waals surface area contributed by atoms with E-state index in [-0.39, 0.29) is 0 Å². The number of hydrogen-bond acceptors (Lipinski definition) is 6. The molecule has 0 aliphatic heterocycles. The predicted octanol–water partition coefficient (Wildman–Crippen LogP) is 1.91. The van der Waals surface area contributed by atoms with E-state index in [0.717, 1.165) is 5.03 Å². The second-order valence-electron chi connectivity index (χ2n) is 3.77. The molecule has 3 N–H and O–H groups in total. The van der Waals surface area contributed by atoms with Gasteiger partial charge in [-0.1, -0.05) is 32.5 Å². The molecule has 16 heavy (non-hydrogen) atoms. The topological polar surface area (TPSA) is 73.1 Å². The number of hydrazine groups is 1. The minimum atomic E-state index is 0.453. The standard InChI is InChI=1S/C10H18N4OS/c1-6(2)7(3)16-10-8(15-4)9(14-11)12-5-13-10/h5-7H,11H2,1-4H3,(H,12,13,14). The number of nitrogens with two attached hydrogens (primary N) is 1. The number of ether oxygens (including phenoxy) is 1. The Morgan fingerprint density at radius 3 is 2.56 bits per heavy atom. The van der Waals surface area contributed by atoms with Gasteiger partial charge in [0.1, 0.15) is 11.4 Å². The normalized spacial score (nSPS) is 12.6. The molecule has 0 saturated heterocycles. The van der Waals surface area contributed by atoms with Crippen LogP contribution in [0.25, 0.3) is 0 Å². The number of thioether (sulfide) groups is 1. The van der Waals surface area contributed by atoms with Gasteiger partial charge >= 0.3 is 0 Å². The summed E-state index contributed by atoms with van der Waals surface area (Å²) in [5.41, 5.74) is 2.50. The fourth-order valence-corrected chi connectivity index (χ4v) is 2.06. The molecule has 0 saturated carbocycles. The summed E-state index contributed by atoms with van der Waals surface area (Å²) in [5.74, 6) is 7.03. The summed E-state index contributed by atoms with van der Waals surface area (Å²) >= 11 is 1.66. The van der Waals surface area contributed by atoms with Gasteiger partial charge in [-0.3, -0.25) is 0 Å². The maximum absolute atomic E-state index is 5.36. The number of nitrogens with zero attached hydrogens (tertiary/aromatic N) is 2. The van der Waals surface area contributed by atoms with Gasteiger partial charge in [-0.2, -0.15) is 0 Å². The highest BCUT2D eigenvalue weighted by Gasteiger charge is 2.16. The average Bonchev–Trinajstić information content (AvgIpc) is 2.28. The van der Waals surface area contributed by atoms with Crippen LogP contribution in [0, 0.1) is 5.92 Å². The number of hydrogen-bond donors (Lipinski definition) is 2. The summed E-state index contributed by atoms with van der Waals surface area (Å²) in [6.07, 6.45) is 1.48. The Labute approximate surface area is 100 Å². The van der Waals surface area contributed by atoms with Crippen LogP contribution in [0.3, 0.4) is 0 Å². The van der Waals surface area contributed by atoms with E-state index in [0.29, 0.717) is 22.7 Å². The van der Waals surface area contributed by atoms with Gasteiger partial charge in [-0.15, -0.1) is 0 Å². The molecule has 1 unspecified atom stereocenters. The number of anilines is 1. The molecule has 0 spiro atoms. The zero-order valence-electron chi connectivity index (χ0n) is 10.0. The van der Waals surface area contributed by atoms with Crippen LogP contribution in [0.1, 0.15) is 20.8 Å². The summed E-state index contributed by atoms with van der Waals surface area (Å²) < 4.78 is 5.26. The average molecular weight is 242 g/mol. The molecule has 0 radical (unpaired) electrons. The molecular weight excluding hydrogens is 224 g/mol. The minimum absolute atomic E-state index is 0.453. The molecule has 0 bridgehead atoms. The second-order valence-corrected chi connectivity index (χ2v) is 5.14. The van der Waals surface area contributed by atoms with Crippen LogP contribution in [0.4, 0.5) is 5.82 Å². The number of aromatic nitrogens is 2. The molecule has 90 valence electrons. The zero-order chi connectivity index (χ0) is 12.1. The maximum atomic E-state index is 5.36. The highest BCUT2D eigenvalue weighted by Crippen LogP contribution is 2.35. The van der Waals surface area contributed by atoms with E-state index in [4.69, 9.17) is 10.6 Å². The third-order valence-electron chi connectivity index (χ3n) is 2.35. The lowest BCUT2D eigenvalue weighted by atomic mass is 10.2. The van der Waals surface area contributed by atoms with Crippen molar-refractivity contribution in [1.82, 2.24) is 9.97 Å². The van der Waals surface area contributed by atoms with Gasteiger partial charge in [0.25, 0.3) is 0 Å². The van der Waals surface area contributed by atoms with Crippen LogP contribution >= 0.6 is 11.8 Å². The van der Waals surface area contributed by atoms with Crippen LogP contribution in [0.2, 0.25) is 0 Å². The second kappa shape index (κ2) is 5.91. The van der Waals surface area contributed by atoms with Gasteiger partial charge in [0.15, 0.2) is 11.6 Å². The van der Waals surface area contributed by atoms with Crippen molar-refractivity contribution in [1.29, 1.82) is 0 Å². The van der Waals surface area contributed by atoms with E-state index in [1.165, 1.54) is 6.33 Å². The van der Waals surface area contributed by atoms with E-state index >= 15 is 0 Å². The monoisotopic (exact) mass is 242 g/mol. The smallest absolute Gasteiger partial charge is 0.195 e. The summed E-state index contributed by atoms with van der Waals surface area (Å²) in [6, 6.07) is 0. The molecule has 0 aliphatic carbocycles. The van der Waals surface area contributed by atoms with Gasteiger partial charge in [0.05, 0.1) is 7.11 Å². The first-order valence-electron chi connectivity index (χ1n) is 5.12. The van der Waals surface area contributed by atoms with Gasteiger partial charge in [0, 0.05) is 5.25 Å². The molecule has 0 fully saturated rings. The molecule has 6 heteroatoms. The Morgan fingerprint density at radius 1 is 1.38 bits per heavy atom. The van der Waals surface area contributed by atoms with Crippen LogP contribution in [-0.4, -0.2) is 22.3 Å². The van der Waals surface area contributed by atoms with Crippen molar-refractivity contribution in [3.8, 4) is 5.75 Å². The maximum Gasteiger partial charge on any atom is 0.195 e. The van der Waals surface area contributed by atoms with E-state index in [2.05, 4.69) is 36.2 Å². The summed E-state index contributed by atoms with van der Waals surface area (Å²) in [4.78, 5) is 8.21. The fourth-order valence-electron chi connectivity index (χ4n) is 1.04. The Bertz CT molecular complexity index is 346. The van der Waals surface area contributed by atoms with E-state index < -0.39 is 0 Å². The third kappa shape index (κ3) is 2.99. The summed E-state index contributed by atoms with van der Waals surface area (Å²) in [6.45, 7) is 6.51. The Kier molecular flexibility index (Phi) is 4.82. The molecule has 1 heterocycles. The molecule has 1 aromatic heterocycles. The molecule has 1 atom stereocenters. The number of nitrogens with one attached hydrogen (secondary N) is 1. The first-order chi connectivity index (χ1) is 7.60.